The number of hydrogen-bond acceptors (Lipinski definition) is 5. The Labute approximate surface area is 175 Å². The average Bonchev–Trinajstić information content (AvgIpc) is 3.43. The number of benzene rings is 1. The Morgan fingerprint density at radius 1 is 1.17 bits per heavy atom. The number of nitrogens with zero attached hydrogens (tertiary/aromatic N) is 2. The second-order valence-electron chi connectivity index (χ2n) is 8.46. The Kier molecular flexibility index (Phi) is 5.01. The van der Waals surface area contributed by atoms with Crippen LogP contribution >= 0.6 is 0 Å². The second kappa shape index (κ2) is 7.56. The summed E-state index contributed by atoms with van der Waals surface area (Å²) in [6.07, 6.45) is 2.02. The number of anilines is 2. The first-order chi connectivity index (χ1) is 14.4. The first kappa shape index (κ1) is 19.9. The third-order valence-electron chi connectivity index (χ3n) is 6.27. The van der Waals surface area contributed by atoms with Crippen molar-refractivity contribution in [2.45, 2.75) is 43.9 Å². The number of fused-ring (bicyclic) bond motifs is 2. The quantitative estimate of drug-likeness (QED) is 0.709. The second-order valence-corrected chi connectivity index (χ2v) is 10.0. The zero-order valence-corrected chi connectivity index (χ0v) is 17.1. The maximum absolute atomic E-state index is 15.0. The molecule has 1 aromatic rings. The summed E-state index contributed by atoms with van der Waals surface area (Å²) >= 11 is -0.951. The van der Waals surface area contributed by atoms with E-state index in [4.69, 9.17) is 4.74 Å². The Balaban J connectivity index is 1.31. The number of nitrogens with one attached hydrogen (secondary N) is 1. The van der Waals surface area contributed by atoms with Gasteiger partial charge >= 0.3 is 6.09 Å². The summed E-state index contributed by atoms with van der Waals surface area (Å²) in [5, 5.41) is 2.75. The van der Waals surface area contributed by atoms with Crippen molar-refractivity contribution >= 4 is 34.6 Å². The third kappa shape index (κ3) is 3.60. The van der Waals surface area contributed by atoms with E-state index in [1.807, 2.05) is 0 Å². The molecule has 10 heteroatoms. The summed E-state index contributed by atoms with van der Waals surface area (Å²) in [6.45, 7) is 0.283. The normalized spacial score (nSPS) is 30.6. The van der Waals surface area contributed by atoms with E-state index in [0.717, 1.165) is 37.8 Å². The monoisotopic (exact) mass is 439 g/mol. The lowest BCUT2D eigenvalue weighted by atomic mass is 10.1. The van der Waals surface area contributed by atoms with Crippen molar-refractivity contribution in [1.82, 2.24) is 5.32 Å². The van der Waals surface area contributed by atoms with Crippen molar-refractivity contribution in [2.75, 3.05) is 34.4 Å². The first-order valence-corrected chi connectivity index (χ1v) is 11.8. The van der Waals surface area contributed by atoms with Crippen molar-refractivity contribution in [1.29, 1.82) is 0 Å². The Morgan fingerprint density at radius 3 is 2.40 bits per heavy atom. The number of rotatable bonds is 5. The van der Waals surface area contributed by atoms with Crippen molar-refractivity contribution in [3.63, 3.8) is 0 Å². The molecular weight excluding hydrogens is 416 g/mol. The van der Waals surface area contributed by atoms with Crippen LogP contribution in [0.5, 0.6) is 0 Å². The molecule has 0 spiro atoms. The lowest BCUT2D eigenvalue weighted by Crippen LogP contribution is -2.49. The molecule has 30 heavy (non-hydrogen) atoms. The van der Waals surface area contributed by atoms with Gasteiger partial charge < -0.3 is 19.5 Å². The molecule has 1 N–H and O–H groups in total. The molecule has 3 atom stereocenters. The lowest BCUT2D eigenvalue weighted by Gasteiger charge is -2.37. The highest BCUT2D eigenvalue weighted by Gasteiger charge is 2.45. The molecule has 3 aliphatic heterocycles. The van der Waals surface area contributed by atoms with Crippen LogP contribution in [0.4, 0.5) is 25.0 Å². The van der Waals surface area contributed by atoms with Gasteiger partial charge in [0.25, 0.3) is 0 Å². The third-order valence-corrected chi connectivity index (χ3v) is 7.79. The molecule has 2 unspecified atom stereocenters. The molecule has 0 radical (unpaired) electrons. The van der Waals surface area contributed by atoms with Gasteiger partial charge in [0.2, 0.25) is 5.91 Å². The van der Waals surface area contributed by atoms with E-state index in [0.29, 0.717) is 11.5 Å². The van der Waals surface area contributed by atoms with Crippen molar-refractivity contribution in [3.05, 3.63) is 23.8 Å². The van der Waals surface area contributed by atoms with Gasteiger partial charge in [-0.05, 0) is 36.9 Å². The summed E-state index contributed by atoms with van der Waals surface area (Å²) in [6, 6.07) is 2.04. The van der Waals surface area contributed by atoms with Gasteiger partial charge in [0.15, 0.2) is 11.6 Å². The molecule has 2 amide bonds. The van der Waals surface area contributed by atoms with Gasteiger partial charge in [0.1, 0.15) is 23.3 Å². The molecule has 5 rings (SSSR count). The highest BCUT2D eigenvalue weighted by Crippen LogP contribution is 2.40. The number of hydrogen-bond donors (Lipinski definition) is 1. The van der Waals surface area contributed by atoms with Crippen LogP contribution in [0.2, 0.25) is 0 Å². The largest absolute Gasteiger partial charge is 0.616 e. The molecule has 7 nitrogen and oxygen atoms in total. The zero-order chi connectivity index (χ0) is 21.0. The minimum atomic E-state index is -0.951. The first-order valence-electron chi connectivity index (χ1n) is 10.3. The smallest absolute Gasteiger partial charge is 0.414 e. The van der Waals surface area contributed by atoms with Gasteiger partial charge in [-0.25, -0.2) is 13.6 Å². The fourth-order valence-electron chi connectivity index (χ4n) is 4.65. The van der Waals surface area contributed by atoms with E-state index in [1.165, 1.54) is 4.90 Å². The Morgan fingerprint density at radius 2 is 1.80 bits per heavy atom. The highest BCUT2D eigenvalue weighted by molar-refractivity contribution is 7.91. The van der Waals surface area contributed by atoms with E-state index < -0.39 is 35.0 Å². The molecule has 3 saturated heterocycles. The lowest BCUT2D eigenvalue weighted by molar-refractivity contribution is -0.122. The maximum atomic E-state index is 15.0. The molecule has 1 aromatic carbocycles. The summed E-state index contributed by atoms with van der Waals surface area (Å²) in [7, 11) is 0. The fourth-order valence-corrected chi connectivity index (χ4v) is 6.30. The number of cyclic esters (lactones) is 1. The van der Waals surface area contributed by atoms with Crippen LogP contribution < -0.4 is 15.1 Å². The van der Waals surface area contributed by atoms with Crippen LogP contribution in [0.25, 0.3) is 0 Å². The van der Waals surface area contributed by atoms with E-state index in [-0.39, 0.29) is 48.4 Å². The van der Waals surface area contributed by atoms with Gasteiger partial charge in [0.05, 0.1) is 30.9 Å². The van der Waals surface area contributed by atoms with Crippen LogP contribution in [0.3, 0.4) is 0 Å². The van der Waals surface area contributed by atoms with Crippen molar-refractivity contribution in [2.24, 2.45) is 5.92 Å². The van der Waals surface area contributed by atoms with Crippen molar-refractivity contribution < 1.29 is 27.7 Å². The Bertz CT molecular complexity index is 847. The SMILES string of the molecule is O=C(NC[C@H]1CN(c2cc(F)c(N3C4CCC3C[S+]([O-])C4)c(F)c2)C(=O)O1)C1CC1. The van der Waals surface area contributed by atoms with Gasteiger partial charge in [0, 0.05) is 18.1 Å². The number of carbonyl (C=O) groups excluding carboxylic acids is 2. The zero-order valence-electron chi connectivity index (χ0n) is 16.3. The topological polar surface area (TPSA) is 84.9 Å². The summed E-state index contributed by atoms with van der Waals surface area (Å²) in [4.78, 5) is 26.9. The number of ether oxygens (including phenoxy) is 1. The van der Waals surface area contributed by atoms with E-state index >= 15 is 8.78 Å². The minimum Gasteiger partial charge on any atom is -0.616 e. The molecule has 162 valence electrons. The molecule has 1 aliphatic carbocycles. The van der Waals surface area contributed by atoms with Crippen LogP contribution in [0.1, 0.15) is 25.7 Å². The number of carbonyl (C=O) groups is 2. The average molecular weight is 439 g/mol. The predicted molar refractivity (Wildman–Crippen MR) is 107 cm³/mol. The standard InChI is InChI=1S/C20H23F2N3O4S/c21-16-5-14(24-8-15(29-20(24)27)7-23-19(26)11-1-2-11)6-17(22)18(16)25-12-3-4-13(25)10-30(28)9-12/h5-6,11-13,15H,1-4,7-10H2,(H,23,26)/t12?,13?,15-,30?/m0/s1. The molecule has 3 heterocycles. The minimum absolute atomic E-state index is 0.0523. The predicted octanol–water partition coefficient (Wildman–Crippen LogP) is 1.92. The van der Waals surface area contributed by atoms with Crippen LogP contribution in [0.15, 0.2) is 12.1 Å². The van der Waals surface area contributed by atoms with Gasteiger partial charge in [-0.15, -0.1) is 0 Å². The van der Waals surface area contributed by atoms with E-state index in [2.05, 4.69) is 5.32 Å². The molecule has 2 bridgehead atoms. The molecule has 4 aliphatic rings. The van der Waals surface area contributed by atoms with Crippen LogP contribution in [-0.2, 0) is 20.7 Å². The molecule has 1 saturated carbocycles. The molecular formula is C20H23F2N3O4S. The van der Waals surface area contributed by atoms with Crippen LogP contribution in [0, 0.1) is 17.6 Å². The van der Waals surface area contributed by atoms with E-state index in [9.17, 15) is 14.1 Å². The maximum Gasteiger partial charge on any atom is 0.414 e. The number of amides is 2. The summed E-state index contributed by atoms with van der Waals surface area (Å²) in [5.41, 5.74) is -0.0218. The van der Waals surface area contributed by atoms with Gasteiger partial charge in [-0.2, -0.15) is 0 Å². The van der Waals surface area contributed by atoms with Crippen molar-refractivity contribution in [3.8, 4) is 0 Å². The number of halogens is 2. The fraction of sp³-hybridized carbons (Fsp3) is 0.600. The van der Waals surface area contributed by atoms with E-state index in [1.54, 1.807) is 4.90 Å². The van der Waals surface area contributed by atoms with Gasteiger partial charge in [-0.3, -0.25) is 9.69 Å². The molecule has 0 aromatic heterocycles. The summed E-state index contributed by atoms with van der Waals surface area (Å²) < 4.78 is 47.2. The molecule has 4 fully saturated rings. The highest BCUT2D eigenvalue weighted by atomic mass is 32.2. The summed E-state index contributed by atoms with van der Waals surface area (Å²) in [5.74, 6) is -0.645. The van der Waals surface area contributed by atoms with Gasteiger partial charge in [-0.1, -0.05) is 0 Å². The Hall–Kier alpha value is -2.07. The van der Waals surface area contributed by atoms with Crippen LogP contribution in [-0.4, -0.2) is 59.3 Å².